The maximum atomic E-state index is 8.70. The number of hydrogen-bond donors (Lipinski definition) is 0. The van der Waals surface area contributed by atoms with Crippen molar-refractivity contribution in [1.29, 1.82) is 0 Å². The van der Waals surface area contributed by atoms with Crippen molar-refractivity contribution in [3.8, 4) is 22.3 Å². The number of fused-ring (bicyclic) bond motifs is 2. The number of rotatable bonds is 11. The van der Waals surface area contributed by atoms with E-state index in [1.165, 1.54) is 66.8 Å². The van der Waals surface area contributed by atoms with Crippen LogP contribution in [-0.4, -0.2) is 5.92 Å². The molecule has 0 nitrogen and oxygen atoms in total. The summed E-state index contributed by atoms with van der Waals surface area (Å²) >= 11 is -4.81. The Morgan fingerprint density at radius 1 is 0.565 bits per heavy atom. The molecular formula is C42H49Cl2SiZr. The Bertz CT molecular complexity index is 1680. The monoisotopic (exact) mass is 741 g/mol. The van der Waals surface area contributed by atoms with E-state index in [4.69, 9.17) is 17.0 Å². The van der Waals surface area contributed by atoms with Gasteiger partial charge in [-0.15, -0.1) is 0 Å². The first kappa shape index (κ1) is 33.9. The molecule has 0 aromatic heterocycles. The van der Waals surface area contributed by atoms with Gasteiger partial charge in [0.25, 0.3) is 0 Å². The third-order valence-corrected chi connectivity index (χ3v) is 62.8. The molecule has 0 saturated carbocycles. The molecule has 4 aromatic rings. The summed E-state index contributed by atoms with van der Waals surface area (Å²) in [5.74, 6) is -1.62. The van der Waals surface area contributed by atoms with E-state index in [-0.39, 0.29) is 7.25 Å². The zero-order valence-electron chi connectivity index (χ0n) is 28.5. The maximum absolute atomic E-state index is 8.70. The molecule has 6 rings (SSSR count). The first-order chi connectivity index (χ1) is 22.2. The Hall–Kier alpha value is -1.96. The minimum absolute atomic E-state index is 0.121. The summed E-state index contributed by atoms with van der Waals surface area (Å²) in [5.41, 5.74) is 16.7. The minimum atomic E-state index is -4.81. The Labute approximate surface area is 286 Å². The second-order valence-corrected chi connectivity index (χ2v) is 56.3. The van der Waals surface area contributed by atoms with Crippen molar-refractivity contribution in [3.63, 3.8) is 0 Å². The SMILES string of the molecule is CCCc1ccc2c(c1-c1ccccc1)C=C(CC)[CH]2[Zr]([Cl])([Cl])([CH]1C(CC)=Cc2c1ccc(CCC)c2-c1ccccc1)[SiH](C)C. The first-order valence-corrected chi connectivity index (χ1v) is 33.9. The third-order valence-electron chi connectivity index (χ3n) is 10.9. The van der Waals surface area contributed by atoms with Gasteiger partial charge in [-0.3, -0.25) is 0 Å². The summed E-state index contributed by atoms with van der Waals surface area (Å²) in [7, 11) is 17.4. The molecule has 0 amide bonds. The number of halogens is 2. The average Bonchev–Trinajstić information content (AvgIpc) is 3.65. The van der Waals surface area contributed by atoms with Crippen LogP contribution in [0.5, 0.6) is 0 Å². The average molecular weight is 744 g/mol. The molecule has 0 spiro atoms. The van der Waals surface area contributed by atoms with Crippen LogP contribution in [0.1, 0.15) is 94.0 Å². The Balaban J connectivity index is 1.62. The molecule has 239 valence electrons. The van der Waals surface area contributed by atoms with Crippen molar-refractivity contribution in [2.45, 2.75) is 86.6 Å². The van der Waals surface area contributed by atoms with Gasteiger partial charge in [0.1, 0.15) is 0 Å². The van der Waals surface area contributed by atoms with E-state index in [1.807, 2.05) is 0 Å². The van der Waals surface area contributed by atoms with Crippen LogP contribution < -0.4 is 0 Å². The van der Waals surface area contributed by atoms with Gasteiger partial charge in [0.05, 0.1) is 0 Å². The van der Waals surface area contributed by atoms with Crippen LogP contribution in [-0.2, 0) is 28.4 Å². The van der Waals surface area contributed by atoms with E-state index in [2.05, 4.69) is 138 Å². The van der Waals surface area contributed by atoms with Crippen LogP contribution in [0.3, 0.4) is 0 Å². The molecular weight excluding hydrogens is 695 g/mol. The number of hydrogen-bond acceptors (Lipinski definition) is 0. The van der Waals surface area contributed by atoms with Crippen molar-refractivity contribution in [3.05, 3.63) is 129 Å². The normalized spacial score (nSPS) is 18.2. The first-order valence-electron chi connectivity index (χ1n) is 17.6. The topological polar surface area (TPSA) is 0 Å². The van der Waals surface area contributed by atoms with Crippen LogP contribution in [0, 0.1) is 0 Å². The van der Waals surface area contributed by atoms with Gasteiger partial charge in [0, 0.05) is 0 Å². The molecule has 0 fully saturated rings. The predicted octanol–water partition coefficient (Wildman–Crippen LogP) is 13.3. The van der Waals surface area contributed by atoms with Crippen LogP contribution in [0.15, 0.2) is 96.1 Å². The van der Waals surface area contributed by atoms with Crippen molar-refractivity contribution < 1.29 is 15.6 Å². The summed E-state index contributed by atoms with van der Waals surface area (Å²) in [4.78, 5) is 0. The van der Waals surface area contributed by atoms with Crippen LogP contribution in [0.2, 0.25) is 13.1 Å². The second kappa shape index (κ2) is 13.5. The Morgan fingerprint density at radius 3 is 1.28 bits per heavy atom. The van der Waals surface area contributed by atoms with E-state index in [0.29, 0.717) is 0 Å². The fourth-order valence-electron chi connectivity index (χ4n) is 8.71. The van der Waals surface area contributed by atoms with Gasteiger partial charge in [0.2, 0.25) is 0 Å². The summed E-state index contributed by atoms with van der Waals surface area (Å²) in [6.07, 6.45) is 11.3. The fraction of sp³-hybridized carbons (Fsp3) is 0.333. The molecule has 46 heavy (non-hydrogen) atoms. The summed E-state index contributed by atoms with van der Waals surface area (Å²) in [6.45, 7) is 14.1. The predicted molar refractivity (Wildman–Crippen MR) is 204 cm³/mol. The quantitative estimate of drug-likeness (QED) is 0.134. The van der Waals surface area contributed by atoms with E-state index in [0.717, 1.165) is 38.5 Å². The molecule has 4 aromatic carbocycles. The molecule has 0 heterocycles. The number of aryl methyl sites for hydroxylation is 2. The van der Waals surface area contributed by atoms with Crippen molar-refractivity contribution in [1.82, 2.24) is 0 Å². The number of benzene rings is 4. The van der Waals surface area contributed by atoms with Gasteiger partial charge in [-0.2, -0.15) is 0 Å². The number of allylic oxidation sites excluding steroid dienone is 2. The molecule has 0 saturated heterocycles. The zero-order valence-corrected chi connectivity index (χ0v) is 33.6. The van der Waals surface area contributed by atoms with Gasteiger partial charge in [-0.05, 0) is 0 Å². The van der Waals surface area contributed by atoms with Gasteiger partial charge in [-0.25, -0.2) is 0 Å². The van der Waals surface area contributed by atoms with E-state index in [1.54, 1.807) is 0 Å². The Morgan fingerprint density at radius 2 is 0.957 bits per heavy atom. The van der Waals surface area contributed by atoms with Gasteiger partial charge < -0.3 is 0 Å². The molecule has 0 radical (unpaired) electrons. The summed E-state index contributed by atoms with van der Waals surface area (Å²) in [5, 5.41) is 0. The second-order valence-electron chi connectivity index (χ2n) is 13.8. The van der Waals surface area contributed by atoms with Crippen LogP contribution >= 0.6 is 17.0 Å². The molecule has 2 aliphatic rings. The molecule has 4 heteroatoms. The van der Waals surface area contributed by atoms with Crippen LogP contribution in [0.25, 0.3) is 34.4 Å². The van der Waals surface area contributed by atoms with Gasteiger partial charge >= 0.3 is 289 Å². The van der Waals surface area contributed by atoms with Gasteiger partial charge in [-0.1, -0.05) is 0 Å². The van der Waals surface area contributed by atoms with Crippen molar-refractivity contribution >= 4 is 35.1 Å². The van der Waals surface area contributed by atoms with E-state index >= 15 is 0 Å². The third kappa shape index (κ3) is 5.44. The molecule has 2 aliphatic carbocycles. The summed E-state index contributed by atoms with van der Waals surface area (Å²) in [6, 6.07) is 31.7. The molecule has 0 N–H and O–H groups in total. The van der Waals surface area contributed by atoms with Crippen molar-refractivity contribution in [2.75, 3.05) is 0 Å². The van der Waals surface area contributed by atoms with Crippen molar-refractivity contribution in [2.24, 2.45) is 0 Å². The van der Waals surface area contributed by atoms with E-state index < -0.39 is 21.5 Å². The molecule has 2 unspecified atom stereocenters. The van der Waals surface area contributed by atoms with Crippen LogP contribution in [0.4, 0.5) is 0 Å². The van der Waals surface area contributed by atoms with E-state index in [9.17, 15) is 0 Å². The molecule has 0 bridgehead atoms. The fourth-order valence-corrected chi connectivity index (χ4v) is 40.5. The Kier molecular flexibility index (Phi) is 9.96. The zero-order chi connectivity index (χ0) is 32.7. The standard InChI is InChI=1S/2C20H21.C2H7Si.2ClH.Zr/c2*1-3-8-16-11-12-18-13-15(4-2)14-19(18)20(16)17-9-6-5-7-10-17;1-3-2;;;/h2*5-7,9-14H,3-4,8H2,1-2H3;3H,1-2H3;2*1H;/q;;;;;+2/p-2. The summed E-state index contributed by atoms with van der Waals surface area (Å²) < 4.78 is 0.243. The van der Waals surface area contributed by atoms with Gasteiger partial charge in [0.15, 0.2) is 0 Å². The molecule has 0 aliphatic heterocycles. The molecule has 2 atom stereocenters.